The van der Waals surface area contributed by atoms with Crippen molar-refractivity contribution in [2.75, 3.05) is 0 Å². The van der Waals surface area contributed by atoms with E-state index in [-0.39, 0.29) is 17.0 Å². The van der Waals surface area contributed by atoms with Crippen molar-refractivity contribution in [1.82, 2.24) is 5.06 Å². The molecular formula is C18H15NO4. The second kappa shape index (κ2) is 5.68. The number of hydrogen-bond donors (Lipinski definition) is 0. The zero-order valence-corrected chi connectivity index (χ0v) is 12.8. The minimum atomic E-state index is -0.719. The van der Waals surface area contributed by atoms with Crippen LogP contribution in [0.2, 0.25) is 0 Å². The van der Waals surface area contributed by atoms with Gasteiger partial charge in [0.2, 0.25) is 0 Å². The molecule has 0 spiro atoms. The molecule has 3 rings (SSSR count). The number of imide groups is 1. The summed E-state index contributed by atoms with van der Waals surface area (Å²) in [4.78, 5) is 41.9. The molecule has 0 N–H and O–H groups in total. The Labute approximate surface area is 133 Å². The van der Waals surface area contributed by atoms with Gasteiger partial charge in [-0.3, -0.25) is 9.59 Å². The summed E-state index contributed by atoms with van der Waals surface area (Å²) in [7, 11) is 0. The van der Waals surface area contributed by atoms with Gasteiger partial charge in [-0.2, -0.15) is 0 Å². The van der Waals surface area contributed by atoms with Gasteiger partial charge in [0.15, 0.2) is 0 Å². The zero-order valence-electron chi connectivity index (χ0n) is 12.8. The van der Waals surface area contributed by atoms with Crippen LogP contribution in [0.3, 0.4) is 0 Å². The van der Waals surface area contributed by atoms with Gasteiger partial charge < -0.3 is 4.84 Å². The fourth-order valence-corrected chi connectivity index (χ4v) is 2.57. The van der Waals surface area contributed by atoms with Crippen LogP contribution in [0.5, 0.6) is 0 Å². The molecule has 0 aromatic heterocycles. The summed E-state index contributed by atoms with van der Waals surface area (Å²) in [6.07, 6.45) is 0. The average Bonchev–Trinajstić information content (AvgIpc) is 2.80. The summed E-state index contributed by atoms with van der Waals surface area (Å²) >= 11 is 0. The highest BCUT2D eigenvalue weighted by Crippen LogP contribution is 2.25. The predicted molar refractivity (Wildman–Crippen MR) is 82.9 cm³/mol. The third-order valence-electron chi connectivity index (χ3n) is 3.73. The highest BCUT2D eigenvalue weighted by Gasteiger charge is 2.39. The topological polar surface area (TPSA) is 63.7 Å². The van der Waals surface area contributed by atoms with E-state index < -0.39 is 17.8 Å². The van der Waals surface area contributed by atoms with Crippen molar-refractivity contribution in [3.8, 4) is 0 Å². The Morgan fingerprint density at radius 3 is 2.00 bits per heavy atom. The van der Waals surface area contributed by atoms with E-state index in [0.29, 0.717) is 10.6 Å². The molecule has 0 radical (unpaired) electrons. The number of hydrogen-bond acceptors (Lipinski definition) is 4. The smallest absolute Gasteiger partial charge is 0.324 e. The molecule has 0 fully saturated rings. The van der Waals surface area contributed by atoms with Gasteiger partial charge >= 0.3 is 5.97 Å². The van der Waals surface area contributed by atoms with E-state index in [9.17, 15) is 14.4 Å². The molecule has 116 valence electrons. The molecule has 0 aliphatic carbocycles. The molecule has 0 saturated heterocycles. The van der Waals surface area contributed by atoms with E-state index in [1.54, 1.807) is 24.3 Å². The molecule has 2 aromatic carbocycles. The number of rotatable bonds is 3. The SMILES string of the molecule is CC(C)c1ccccc1C(=O)ON1C(=O)c2ccccc2C1=O. The van der Waals surface area contributed by atoms with Gasteiger partial charge in [0.05, 0.1) is 16.7 Å². The second-order valence-electron chi connectivity index (χ2n) is 5.57. The summed E-state index contributed by atoms with van der Waals surface area (Å²) in [6.45, 7) is 3.91. The molecule has 0 unspecified atom stereocenters. The van der Waals surface area contributed by atoms with Crippen molar-refractivity contribution in [3.05, 3.63) is 70.8 Å². The summed E-state index contributed by atoms with van der Waals surface area (Å²) in [5.41, 5.74) is 1.62. The van der Waals surface area contributed by atoms with Crippen LogP contribution in [0.15, 0.2) is 48.5 Å². The Balaban J connectivity index is 1.88. The third kappa shape index (κ3) is 2.50. The van der Waals surface area contributed by atoms with Crippen LogP contribution in [0.4, 0.5) is 0 Å². The van der Waals surface area contributed by atoms with E-state index in [1.807, 2.05) is 26.0 Å². The van der Waals surface area contributed by atoms with Crippen LogP contribution in [0.1, 0.15) is 56.4 Å². The minimum absolute atomic E-state index is 0.112. The molecule has 2 aromatic rings. The Bertz CT molecular complexity index is 775. The number of benzene rings is 2. The molecule has 23 heavy (non-hydrogen) atoms. The van der Waals surface area contributed by atoms with Crippen LogP contribution in [-0.4, -0.2) is 22.8 Å². The fourth-order valence-electron chi connectivity index (χ4n) is 2.57. The number of fused-ring (bicyclic) bond motifs is 1. The van der Waals surface area contributed by atoms with Gasteiger partial charge in [-0.15, -0.1) is 0 Å². The molecular weight excluding hydrogens is 294 g/mol. The Morgan fingerprint density at radius 1 is 0.913 bits per heavy atom. The van der Waals surface area contributed by atoms with Crippen molar-refractivity contribution < 1.29 is 19.2 Å². The molecule has 0 saturated carbocycles. The highest BCUT2D eigenvalue weighted by atomic mass is 16.7. The van der Waals surface area contributed by atoms with Crippen molar-refractivity contribution >= 4 is 17.8 Å². The first-order valence-electron chi connectivity index (χ1n) is 7.29. The maximum Gasteiger partial charge on any atom is 0.364 e. The lowest BCUT2D eigenvalue weighted by Gasteiger charge is -2.15. The lowest BCUT2D eigenvalue weighted by Crippen LogP contribution is -2.33. The first kappa shape index (κ1) is 15.0. The summed E-state index contributed by atoms with van der Waals surface area (Å²) < 4.78 is 0. The van der Waals surface area contributed by atoms with Crippen LogP contribution in [0, 0.1) is 0 Å². The third-order valence-corrected chi connectivity index (χ3v) is 3.73. The van der Waals surface area contributed by atoms with Crippen LogP contribution in [-0.2, 0) is 4.84 Å². The second-order valence-corrected chi connectivity index (χ2v) is 5.57. The molecule has 1 heterocycles. The van der Waals surface area contributed by atoms with Crippen molar-refractivity contribution in [1.29, 1.82) is 0 Å². The largest absolute Gasteiger partial charge is 0.364 e. The van der Waals surface area contributed by atoms with Gasteiger partial charge in [0.25, 0.3) is 11.8 Å². The maximum atomic E-state index is 12.4. The predicted octanol–water partition coefficient (Wildman–Crippen LogP) is 3.18. The van der Waals surface area contributed by atoms with E-state index in [2.05, 4.69) is 0 Å². The molecule has 1 aliphatic rings. The van der Waals surface area contributed by atoms with Gasteiger partial charge in [-0.05, 0) is 29.7 Å². The summed E-state index contributed by atoms with van der Waals surface area (Å²) in [6, 6.07) is 13.4. The maximum absolute atomic E-state index is 12.4. The van der Waals surface area contributed by atoms with Crippen molar-refractivity contribution in [2.45, 2.75) is 19.8 Å². The monoisotopic (exact) mass is 309 g/mol. The number of carbonyl (C=O) groups excluding carboxylic acids is 3. The Kier molecular flexibility index (Phi) is 3.70. The normalized spacial score (nSPS) is 13.4. The standard InChI is InChI=1S/C18H15NO4/c1-11(2)12-7-3-6-10-15(12)18(22)23-19-16(20)13-8-4-5-9-14(13)17(19)21/h3-11H,1-2H3. The van der Waals surface area contributed by atoms with E-state index in [0.717, 1.165) is 5.56 Å². The summed E-state index contributed by atoms with van der Waals surface area (Å²) in [5, 5.41) is 0.532. The van der Waals surface area contributed by atoms with Crippen molar-refractivity contribution in [2.24, 2.45) is 0 Å². The quantitative estimate of drug-likeness (QED) is 0.817. The Morgan fingerprint density at radius 2 is 1.43 bits per heavy atom. The Hall–Kier alpha value is -2.95. The van der Waals surface area contributed by atoms with Crippen LogP contribution in [0.25, 0.3) is 0 Å². The van der Waals surface area contributed by atoms with E-state index >= 15 is 0 Å². The first-order valence-corrected chi connectivity index (χ1v) is 7.29. The first-order chi connectivity index (χ1) is 11.0. The molecule has 0 atom stereocenters. The highest BCUT2D eigenvalue weighted by molar-refractivity contribution is 6.21. The van der Waals surface area contributed by atoms with Gasteiger partial charge in [-0.1, -0.05) is 49.2 Å². The van der Waals surface area contributed by atoms with Gasteiger partial charge in [0.1, 0.15) is 0 Å². The molecule has 5 heteroatoms. The number of carbonyl (C=O) groups is 3. The number of hydroxylamine groups is 2. The number of amides is 2. The number of nitrogens with zero attached hydrogens (tertiary/aromatic N) is 1. The molecule has 2 amide bonds. The van der Waals surface area contributed by atoms with Gasteiger partial charge in [0, 0.05) is 0 Å². The van der Waals surface area contributed by atoms with Crippen LogP contribution >= 0.6 is 0 Å². The average molecular weight is 309 g/mol. The lowest BCUT2D eigenvalue weighted by molar-refractivity contribution is -0.0585. The lowest BCUT2D eigenvalue weighted by atomic mass is 9.97. The van der Waals surface area contributed by atoms with Crippen molar-refractivity contribution in [3.63, 3.8) is 0 Å². The van der Waals surface area contributed by atoms with E-state index in [1.165, 1.54) is 12.1 Å². The van der Waals surface area contributed by atoms with Gasteiger partial charge in [-0.25, -0.2) is 4.79 Å². The summed E-state index contributed by atoms with van der Waals surface area (Å²) in [5.74, 6) is -1.85. The van der Waals surface area contributed by atoms with Crippen LogP contribution < -0.4 is 0 Å². The molecule has 0 bridgehead atoms. The minimum Gasteiger partial charge on any atom is -0.324 e. The molecule has 5 nitrogen and oxygen atoms in total. The fraction of sp³-hybridized carbons (Fsp3) is 0.167. The zero-order chi connectivity index (χ0) is 16.6. The van der Waals surface area contributed by atoms with E-state index in [4.69, 9.17) is 4.84 Å². The molecule has 1 aliphatic heterocycles.